The zero-order valence-corrected chi connectivity index (χ0v) is 9.44. The van der Waals surface area contributed by atoms with E-state index < -0.39 is 0 Å². The van der Waals surface area contributed by atoms with Gasteiger partial charge in [0.1, 0.15) is 0 Å². The molecule has 0 aromatic heterocycles. The number of hydrogen-bond donors (Lipinski definition) is 0. The normalized spacial score (nSPS) is 10.4. The van der Waals surface area contributed by atoms with Crippen LogP contribution in [-0.4, -0.2) is 0 Å². The van der Waals surface area contributed by atoms with E-state index in [0.29, 0.717) is 0 Å². The van der Waals surface area contributed by atoms with Gasteiger partial charge in [0, 0.05) is 0 Å². The molecule has 0 aliphatic heterocycles. The standard InChI is InChI=1S/C13H20/c1-6-12(5)8-9-13(7-2)10-11(3)4/h6,8,10H,7H2,1-5H3. The lowest BCUT2D eigenvalue weighted by atomic mass is 10.1. The van der Waals surface area contributed by atoms with E-state index in [2.05, 4.69) is 45.6 Å². The Labute approximate surface area is 82.4 Å². The van der Waals surface area contributed by atoms with Crippen LogP contribution in [0.3, 0.4) is 0 Å². The summed E-state index contributed by atoms with van der Waals surface area (Å²) in [5, 5.41) is 0. The first-order valence-corrected chi connectivity index (χ1v) is 4.83. The Morgan fingerprint density at radius 3 is 2.23 bits per heavy atom. The van der Waals surface area contributed by atoms with Crippen LogP contribution < -0.4 is 0 Å². The molecule has 0 aromatic carbocycles. The quantitative estimate of drug-likeness (QED) is 0.441. The molecule has 0 spiro atoms. The lowest BCUT2D eigenvalue weighted by molar-refractivity contribution is 1.14. The second kappa shape index (κ2) is 6.51. The molecule has 0 aliphatic carbocycles. The number of hydrogen-bond acceptors (Lipinski definition) is 0. The minimum absolute atomic E-state index is 1.04. The van der Waals surface area contributed by atoms with Crippen molar-refractivity contribution < 1.29 is 0 Å². The Bertz CT molecular complexity index is 264. The zero-order chi connectivity index (χ0) is 10.3. The van der Waals surface area contributed by atoms with Crippen LogP contribution in [0.4, 0.5) is 0 Å². The molecule has 0 aliphatic rings. The Morgan fingerprint density at radius 2 is 1.85 bits per heavy atom. The van der Waals surface area contributed by atoms with Gasteiger partial charge in [0.15, 0.2) is 0 Å². The van der Waals surface area contributed by atoms with E-state index in [9.17, 15) is 0 Å². The topological polar surface area (TPSA) is 0 Å². The van der Waals surface area contributed by atoms with E-state index in [4.69, 9.17) is 0 Å². The highest BCUT2D eigenvalue weighted by Gasteiger charge is 1.86. The van der Waals surface area contributed by atoms with Crippen molar-refractivity contribution in [3.05, 3.63) is 40.7 Å². The Hall–Kier alpha value is -1.00. The summed E-state index contributed by atoms with van der Waals surface area (Å²) in [5.41, 5.74) is 7.15. The van der Waals surface area contributed by atoms with Gasteiger partial charge in [-0.3, -0.25) is 0 Å². The summed E-state index contributed by atoms with van der Waals surface area (Å²) < 4.78 is 0. The zero-order valence-electron chi connectivity index (χ0n) is 9.44. The van der Waals surface area contributed by atoms with Crippen molar-refractivity contribution in [1.29, 1.82) is 0 Å². The molecule has 0 atom stereocenters. The maximum atomic E-state index is 3.30. The number of rotatable bonds is 3. The van der Waals surface area contributed by atoms with Gasteiger partial charge in [-0.15, -0.1) is 5.73 Å². The number of allylic oxidation sites excluding steroid dienone is 5. The Kier molecular flexibility index (Phi) is 6.01. The van der Waals surface area contributed by atoms with Gasteiger partial charge in [0.05, 0.1) is 0 Å². The highest BCUT2D eigenvalue weighted by Crippen LogP contribution is 2.05. The summed E-state index contributed by atoms with van der Waals surface area (Å²) in [6.45, 7) is 10.5. The van der Waals surface area contributed by atoms with Gasteiger partial charge < -0.3 is 0 Å². The van der Waals surface area contributed by atoms with Crippen molar-refractivity contribution in [2.45, 2.75) is 41.0 Å². The van der Waals surface area contributed by atoms with Crippen LogP contribution in [0.2, 0.25) is 0 Å². The van der Waals surface area contributed by atoms with Crippen LogP contribution in [0.5, 0.6) is 0 Å². The molecule has 0 bridgehead atoms. The van der Waals surface area contributed by atoms with Crippen molar-refractivity contribution in [2.75, 3.05) is 0 Å². The minimum atomic E-state index is 1.04. The van der Waals surface area contributed by atoms with Crippen molar-refractivity contribution in [2.24, 2.45) is 0 Å². The molecule has 0 amide bonds. The summed E-state index contributed by atoms with van der Waals surface area (Å²) in [7, 11) is 0. The van der Waals surface area contributed by atoms with E-state index >= 15 is 0 Å². The fourth-order valence-electron chi connectivity index (χ4n) is 0.884. The average molecular weight is 176 g/mol. The van der Waals surface area contributed by atoms with Gasteiger partial charge in [0.2, 0.25) is 0 Å². The first-order chi connectivity index (χ1) is 6.10. The van der Waals surface area contributed by atoms with E-state index in [1.165, 1.54) is 16.7 Å². The second-order valence-corrected chi connectivity index (χ2v) is 3.42. The summed E-state index contributed by atoms with van der Waals surface area (Å²) in [4.78, 5) is 0. The third-order valence-electron chi connectivity index (χ3n) is 1.78. The van der Waals surface area contributed by atoms with Gasteiger partial charge in [-0.25, -0.2) is 0 Å². The van der Waals surface area contributed by atoms with Crippen LogP contribution in [-0.2, 0) is 0 Å². The van der Waals surface area contributed by atoms with E-state index in [0.717, 1.165) is 6.42 Å². The molecule has 0 saturated carbocycles. The van der Waals surface area contributed by atoms with E-state index in [1.54, 1.807) is 0 Å². The van der Waals surface area contributed by atoms with Crippen LogP contribution in [0.15, 0.2) is 40.7 Å². The maximum Gasteiger partial charge on any atom is -0.00636 e. The summed E-state index contributed by atoms with van der Waals surface area (Å²) >= 11 is 0. The summed E-state index contributed by atoms with van der Waals surface area (Å²) in [5.74, 6) is 0. The fraction of sp³-hybridized carbons (Fsp3) is 0.462. The van der Waals surface area contributed by atoms with Crippen molar-refractivity contribution in [1.82, 2.24) is 0 Å². The third-order valence-corrected chi connectivity index (χ3v) is 1.78. The van der Waals surface area contributed by atoms with Crippen LogP contribution >= 0.6 is 0 Å². The molecule has 13 heavy (non-hydrogen) atoms. The Balaban J connectivity index is 4.77. The van der Waals surface area contributed by atoms with Gasteiger partial charge >= 0.3 is 0 Å². The predicted octanol–water partition coefficient (Wildman–Crippen LogP) is 4.41. The molecule has 0 heterocycles. The molecule has 0 nitrogen and oxygen atoms in total. The smallest absolute Gasteiger partial charge is 0.00636 e. The molecule has 0 heteroatoms. The van der Waals surface area contributed by atoms with Gasteiger partial charge in [-0.05, 0) is 51.3 Å². The van der Waals surface area contributed by atoms with Crippen molar-refractivity contribution in [3.8, 4) is 0 Å². The third kappa shape index (κ3) is 6.19. The van der Waals surface area contributed by atoms with E-state index in [1.807, 2.05) is 13.0 Å². The van der Waals surface area contributed by atoms with E-state index in [-0.39, 0.29) is 0 Å². The highest BCUT2D eigenvalue weighted by atomic mass is 13.9. The predicted molar refractivity (Wildman–Crippen MR) is 60.7 cm³/mol. The largest absolute Gasteiger partial charge is 0.117 e. The van der Waals surface area contributed by atoms with Gasteiger partial charge in [-0.1, -0.05) is 24.6 Å². The molecule has 0 radical (unpaired) electrons. The molecule has 0 rings (SSSR count). The Morgan fingerprint density at radius 1 is 1.23 bits per heavy atom. The molecule has 72 valence electrons. The lowest BCUT2D eigenvalue weighted by Gasteiger charge is -1.93. The highest BCUT2D eigenvalue weighted by molar-refractivity contribution is 5.25. The molecule has 0 unspecified atom stereocenters. The van der Waals surface area contributed by atoms with Crippen LogP contribution in [0.1, 0.15) is 41.0 Å². The molecular formula is C13H20. The van der Waals surface area contributed by atoms with Crippen molar-refractivity contribution >= 4 is 0 Å². The molecule has 0 fully saturated rings. The SMILES string of the molecule is CC=C(C)C=C=C(C=C(C)C)CC. The average Bonchev–Trinajstić information content (AvgIpc) is 2.10. The summed E-state index contributed by atoms with van der Waals surface area (Å²) in [6, 6.07) is 0. The van der Waals surface area contributed by atoms with Crippen molar-refractivity contribution in [3.63, 3.8) is 0 Å². The molecule has 0 saturated heterocycles. The second-order valence-electron chi connectivity index (χ2n) is 3.42. The monoisotopic (exact) mass is 176 g/mol. The lowest BCUT2D eigenvalue weighted by Crippen LogP contribution is -1.74. The van der Waals surface area contributed by atoms with Gasteiger partial charge in [-0.2, -0.15) is 0 Å². The minimum Gasteiger partial charge on any atom is -0.117 e. The first-order valence-electron chi connectivity index (χ1n) is 4.83. The molecule has 0 N–H and O–H groups in total. The first kappa shape index (κ1) is 12.0. The van der Waals surface area contributed by atoms with Crippen LogP contribution in [0, 0.1) is 0 Å². The maximum absolute atomic E-state index is 3.30. The molecular weight excluding hydrogens is 156 g/mol. The van der Waals surface area contributed by atoms with Crippen LogP contribution in [0.25, 0.3) is 0 Å². The van der Waals surface area contributed by atoms with Gasteiger partial charge in [0.25, 0.3) is 0 Å². The fourth-order valence-corrected chi connectivity index (χ4v) is 0.884. The molecule has 0 aromatic rings. The summed E-state index contributed by atoms with van der Waals surface area (Å²) in [6.07, 6.45) is 7.35.